The number of alkyl halides is 2. The summed E-state index contributed by atoms with van der Waals surface area (Å²) in [5.74, 6) is 2.21. The number of benzene rings is 2. The number of methoxy groups -OCH3 is 3. The minimum atomic E-state index is -1.59. The van der Waals surface area contributed by atoms with E-state index in [1.165, 1.54) is 21.3 Å². The molecule has 1 saturated carbocycles. The fourth-order valence-electron chi connectivity index (χ4n) is 4.47. The molecule has 1 aliphatic heterocycles. The van der Waals surface area contributed by atoms with Crippen molar-refractivity contribution in [3.8, 4) is 28.7 Å². The second-order valence-electron chi connectivity index (χ2n) is 7.74. The van der Waals surface area contributed by atoms with Gasteiger partial charge in [-0.15, -0.1) is 23.2 Å². The van der Waals surface area contributed by atoms with Crippen molar-refractivity contribution in [2.24, 2.45) is 11.3 Å². The van der Waals surface area contributed by atoms with E-state index in [2.05, 4.69) is 0 Å². The third-order valence-electron chi connectivity index (χ3n) is 6.64. The van der Waals surface area contributed by atoms with Crippen LogP contribution in [0.1, 0.15) is 25.0 Å². The summed E-state index contributed by atoms with van der Waals surface area (Å²) in [6.07, 6.45) is 0. The maximum atomic E-state index is 12.4. The van der Waals surface area contributed by atoms with E-state index in [1.54, 1.807) is 30.3 Å². The van der Waals surface area contributed by atoms with Crippen LogP contribution in [-0.2, 0) is 5.60 Å². The minimum absolute atomic E-state index is 0.129. The lowest BCUT2D eigenvalue weighted by Gasteiger charge is -2.38. The lowest BCUT2D eigenvalue weighted by Crippen LogP contribution is -2.40. The minimum Gasteiger partial charge on any atom is -0.493 e. The van der Waals surface area contributed by atoms with Gasteiger partial charge >= 0.3 is 0 Å². The van der Waals surface area contributed by atoms with Crippen LogP contribution < -0.4 is 23.7 Å². The zero-order chi connectivity index (χ0) is 21.9. The molecule has 4 rings (SSSR count). The molecule has 1 unspecified atom stereocenters. The highest BCUT2D eigenvalue weighted by Crippen LogP contribution is 2.76. The van der Waals surface area contributed by atoms with Gasteiger partial charge in [0.15, 0.2) is 23.0 Å². The van der Waals surface area contributed by atoms with Gasteiger partial charge in [0.25, 0.3) is 0 Å². The van der Waals surface area contributed by atoms with Crippen molar-refractivity contribution in [3.05, 3.63) is 41.5 Å². The Balaban J connectivity index is 1.99. The largest absolute Gasteiger partial charge is 0.493 e. The summed E-state index contributed by atoms with van der Waals surface area (Å²) in [6.45, 7) is 3.91. The van der Waals surface area contributed by atoms with E-state index in [-0.39, 0.29) is 12.7 Å². The van der Waals surface area contributed by atoms with Gasteiger partial charge in [-0.25, -0.2) is 0 Å². The van der Waals surface area contributed by atoms with Gasteiger partial charge < -0.3 is 28.8 Å². The number of fused-ring (bicyclic) bond motifs is 1. The topological polar surface area (TPSA) is 66.4 Å². The number of ether oxygens (including phenoxy) is 5. The van der Waals surface area contributed by atoms with E-state index < -0.39 is 15.3 Å². The molecule has 2 aromatic rings. The van der Waals surface area contributed by atoms with Crippen LogP contribution in [0, 0.1) is 11.3 Å². The molecular formula is C22H24Cl2O6. The molecule has 0 amide bonds. The van der Waals surface area contributed by atoms with Crippen molar-refractivity contribution >= 4 is 23.2 Å². The van der Waals surface area contributed by atoms with Gasteiger partial charge in [-0.1, -0.05) is 19.9 Å². The van der Waals surface area contributed by atoms with Crippen LogP contribution in [0.15, 0.2) is 30.3 Å². The Kier molecular flexibility index (Phi) is 4.96. The molecule has 3 atom stereocenters. The molecule has 0 aromatic heterocycles. The molecule has 0 saturated heterocycles. The Morgan fingerprint density at radius 2 is 1.53 bits per heavy atom. The number of rotatable bonds is 6. The molecule has 1 aliphatic carbocycles. The molecular weight excluding hydrogens is 431 g/mol. The van der Waals surface area contributed by atoms with Crippen molar-refractivity contribution in [3.63, 3.8) is 0 Å². The van der Waals surface area contributed by atoms with Crippen LogP contribution >= 0.6 is 23.2 Å². The average Bonchev–Trinajstić information content (AvgIpc) is 3.10. The Morgan fingerprint density at radius 3 is 2.03 bits per heavy atom. The standard InChI is InChI=1S/C22H24Cl2O6/c1-12-20(2,22(12,23)24)21(25,13-6-7-15-16(8-13)30-11-29-15)14-9-17(26-3)19(28-5)18(10-14)27-4/h6-10,12,25H,11H2,1-5H3/t12?,20-,21-/m0/s1. The summed E-state index contributed by atoms with van der Waals surface area (Å²) in [7, 11) is 4.57. The van der Waals surface area contributed by atoms with Gasteiger partial charge in [-0.3, -0.25) is 0 Å². The monoisotopic (exact) mass is 454 g/mol. The van der Waals surface area contributed by atoms with Crippen LogP contribution in [0.2, 0.25) is 0 Å². The molecule has 2 aliphatic rings. The SMILES string of the molecule is COc1cc([C@@](O)(c2ccc3c(c2)OCO3)[C@]2(C)C(C)C2(Cl)Cl)cc(OC)c1OC. The molecule has 6 nitrogen and oxygen atoms in total. The predicted octanol–water partition coefficient (Wildman–Crippen LogP) is 4.51. The first-order valence-electron chi connectivity index (χ1n) is 9.47. The first-order chi connectivity index (χ1) is 14.2. The third kappa shape index (κ3) is 2.60. The van der Waals surface area contributed by atoms with E-state index in [9.17, 15) is 5.11 Å². The summed E-state index contributed by atoms with van der Waals surface area (Å²) in [5.41, 5.74) is -1.43. The maximum absolute atomic E-state index is 12.4. The Morgan fingerprint density at radius 1 is 0.967 bits per heavy atom. The van der Waals surface area contributed by atoms with Crippen LogP contribution in [0.4, 0.5) is 0 Å². The number of halogens is 2. The molecule has 2 aromatic carbocycles. The van der Waals surface area contributed by atoms with Gasteiger partial charge in [-0.05, 0) is 35.4 Å². The van der Waals surface area contributed by atoms with Crippen molar-refractivity contribution < 1.29 is 28.8 Å². The zero-order valence-corrected chi connectivity index (χ0v) is 18.9. The summed E-state index contributed by atoms with van der Waals surface area (Å²) in [4.78, 5) is 0. The normalized spacial score (nSPS) is 25.4. The fraction of sp³-hybridized carbons (Fsp3) is 0.455. The number of aliphatic hydroxyl groups is 1. The Hall–Kier alpha value is -2.02. The Bertz CT molecular complexity index is 969. The van der Waals surface area contributed by atoms with Crippen LogP contribution in [0.3, 0.4) is 0 Å². The molecule has 0 spiro atoms. The summed E-state index contributed by atoms with van der Waals surface area (Å²) in [6, 6.07) is 8.74. The first-order valence-corrected chi connectivity index (χ1v) is 10.2. The van der Waals surface area contributed by atoms with Gasteiger partial charge in [0.1, 0.15) is 9.93 Å². The molecule has 0 radical (unpaired) electrons. The molecule has 0 bridgehead atoms. The van der Waals surface area contributed by atoms with E-state index in [4.69, 9.17) is 46.9 Å². The lowest BCUT2D eigenvalue weighted by atomic mass is 9.73. The summed E-state index contributed by atoms with van der Waals surface area (Å²) < 4.78 is 26.3. The van der Waals surface area contributed by atoms with Crippen LogP contribution in [-0.4, -0.2) is 37.6 Å². The summed E-state index contributed by atoms with van der Waals surface area (Å²) >= 11 is 13.3. The zero-order valence-electron chi connectivity index (χ0n) is 17.4. The van der Waals surface area contributed by atoms with Gasteiger partial charge in [-0.2, -0.15) is 0 Å². The lowest BCUT2D eigenvalue weighted by molar-refractivity contribution is 0.00102. The average molecular weight is 455 g/mol. The number of hydrogen-bond acceptors (Lipinski definition) is 6. The highest BCUT2D eigenvalue weighted by atomic mass is 35.5. The second-order valence-corrected chi connectivity index (χ2v) is 9.13. The fourth-order valence-corrected chi connectivity index (χ4v) is 5.40. The van der Waals surface area contributed by atoms with Crippen LogP contribution in [0.25, 0.3) is 0 Å². The number of hydrogen-bond donors (Lipinski definition) is 1. The van der Waals surface area contributed by atoms with Gasteiger partial charge in [0.2, 0.25) is 12.5 Å². The molecule has 1 N–H and O–H groups in total. The molecule has 162 valence electrons. The highest BCUT2D eigenvalue weighted by Gasteiger charge is 2.79. The molecule has 30 heavy (non-hydrogen) atoms. The van der Waals surface area contributed by atoms with Crippen LogP contribution in [0.5, 0.6) is 28.7 Å². The van der Waals surface area contributed by atoms with E-state index in [1.807, 2.05) is 13.8 Å². The van der Waals surface area contributed by atoms with E-state index >= 15 is 0 Å². The molecule has 1 heterocycles. The maximum Gasteiger partial charge on any atom is 0.231 e. The second kappa shape index (κ2) is 7.01. The van der Waals surface area contributed by atoms with Gasteiger partial charge in [0.05, 0.1) is 21.3 Å². The van der Waals surface area contributed by atoms with Crippen molar-refractivity contribution in [2.75, 3.05) is 28.1 Å². The van der Waals surface area contributed by atoms with Crippen molar-refractivity contribution in [2.45, 2.75) is 23.8 Å². The van der Waals surface area contributed by atoms with E-state index in [0.717, 1.165) is 0 Å². The molecule has 8 heteroatoms. The first kappa shape index (κ1) is 21.2. The third-order valence-corrected chi connectivity index (χ3v) is 8.08. The van der Waals surface area contributed by atoms with Crippen molar-refractivity contribution in [1.29, 1.82) is 0 Å². The predicted molar refractivity (Wildman–Crippen MR) is 113 cm³/mol. The smallest absolute Gasteiger partial charge is 0.231 e. The van der Waals surface area contributed by atoms with E-state index in [0.29, 0.717) is 39.9 Å². The Labute approximate surface area is 185 Å². The highest BCUT2D eigenvalue weighted by molar-refractivity contribution is 6.52. The van der Waals surface area contributed by atoms with Crippen molar-refractivity contribution in [1.82, 2.24) is 0 Å². The quantitative estimate of drug-likeness (QED) is 0.647. The molecule has 1 fully saturated rings. The summed E-state index contributed by atoms with van der Waals surface area (Å²) in [5, 5.41) is 12.4. The van der Waals surface area contributed by atoms with Gasteiger partial charge in [0, 0.05) is 11.3 Å².